The molecule has 1 aromatic rings. The fourth-order valence-electron chi connectivity index (χ4n) is 2.85. The molecular weight excluding hydrogens is 254 g/mol. The van der Waals surface area contributed by atoms with Crippen molar-refractivity contribution in [1.82, 2.24) is 5.32 Å². The Morgan fingerprint density at radius 3 is 2.79 bits per heavy atom. The monoisotopic (exact) mass is 279 g/mol. The van der Waals surface area contributed by atoms with Gasteiger partial charge < -0.3 is 5.32 Å². The molecule has 3 heteroatoms. The second-order valence-corrected chi connectivity index (χ2v) is 8.14. The molecule has 2 nitrogen and oxygen atoms in total. The number of aryl methyl sites for hydroxylation is 1. The Bertz CT molecular complexity index is 470. The number of nitrogens with one attached hydrogen (secondary N) is 1. The second-order valence-electron chi connectivity index (χ2n) is 6.34. The average Bonchev–Trinajstić information content (AvgIpc) is 2.36. The highest BCUT2D eigenvalue weighted by molar-refractivity contribution is 7.84. The Balaban J connectivity index is 2.19. The third-order valence-electron chi connectivity index (χ3n) is 4.36. The van der Waals surface area contributed by atoms with Gasteiger partial charge in [0, 0.05) is 34.9 Å². The van der Waals surface area contributed by atoms with Crippen LogP contribution in [0.5, 0.6) is 0 Å². The number of hydrogen-bond acceptors (Lipinski definition) is 2. The van der Waals surface area contributed by atoms with Crippen LogP contribution in [0.2, 0.25) is 0 Å². The minimum absolute atomic E-state index is 0.199. The first-order chi connectivity index (χ1) is 8.92. The number of benzene rings is 1. The topological polar surface area (TPSA) is 29.1 Å². The van der Waals surface area contributed by atoms with Crippen LogP contribution in [0.3, 0.4) is 0 Å². The van der Waals surface area contributed by atoms with Gasteiger partial charge in [-0.05, 0) is 36.3 Å². The molecule has 0 aromatic heterocycles. The molecule has 0 spiro atoms. The standard InChI is InChI=1S/C16H25NOS/c1-12(19(4)18)11-17-15-14-8-6-5-7-13(14)9-10-16(15,2)3/h5-8,12,15,17H,9-11H2,1-4H3. The van der Waals surface area contributed by atoms with Gasteiger partial charge in [-0.25, -0.2) is 0 Å². The van der Waals surface area contributed by atoms with Crippen molar-refractivity contribution < 1.29 is 4.21 Å². The highest BCUT2D eigenvalue weighted by Crippen LogP contribution is 2.43. The summed E-state index contributed by atoms with van der Waals surface area (Å²) < 4.78 is 11.5. The molecule has 2 rings (SSSR count). The van der Waals surface area contributed by atoms with Gasteiger partial charge in [-0.2, -0.15) is 0 Å². The summed E-state index contributed by atoms with van der Waals surface area (Å²) in [6, 6.07) is 9.08. The zero-order valence-corrected chi connectivity index (χ0v) is 13.2. The van der Waals surface area contributed by atoms with E-state index in [4.69, 9.17) is 0 Å². The van der Waals surface area contributed by atoms with Crippen LogP contribution < -0.4 is 5.32 Å². The molecule has 3 unspecified atom stereocenters. The molecule has 0 amide bonds. The maximum absolute atomic E-state index is 11.5. The predicted molar refractivity (Wildman–Crippen MR) is 82.8 cm³/mol. The molecular formula is C16H25NOS. The fourth-order valence-corrected chi connectivity index (χ4v) is 3.18. The van der Waals surface area contributed by atoms with E-state index >= 15 is 0 Å². The molecule has 0 bridgehead atoms. The Hall–Kier alpha value is -0.670. The smallest absolute Gasteiger partial charge is 0.0441 e. The van der Waals surface area contributed by atoms with E-state index in [1.807, 2.05) is 6.92 Å². The number of rotatable bonds is 4. The van der Waals surface area contributed by atoms with Crippen LogP contribution in [-0.4, -0.2) is 22.3 Å². The molecule has 1 aliphatic rings. The first-order valence-electron chi connectivity index (χ1n) is 7.05. The van der Waals surface area contributed by atoms with Crippen LogP contribution in [0.4, 0.5) is 0 Å². The fraction of sp³-hybridized carbons (Fsp3) is 0.625. The molecule has 0 radical (unpaired) electrons. The van der Waals surface area contributed by atoms with Crippen molar-refractivity contribution in [1.29, 1.82) is 0 Å². The molecule has 3 atom stereocenters. The lowest BCUT2D eigenvalue weighted by Crippen LogP contribution is -2.41. The number of hydrogen-bond donors (Lipinski definition) is 1. The van der Waals surface area contributed by atoms with Crippen LogP contribution in [0.15, 0.2) is 24.3 Å². The highest BCUT2D eigenvalue weighted by Gasteiger charge is 2.35. The summed E-state index contributed by atoms with van der Waals surface area (Å²) in [5.41, 5.74) is 3.14. The SMILES string of the molecule is CC(CNC1c2ccccc2CCC1(C)C)S(C)=O. The highest BCUT2D eigenvalue weighted by atomic mass is 32.2. The van der Waals surface area contributed by atoms with Crippen molar-refractivity contribution in [3.05, 3.63) is 35.4 Å². The first kappa shape index (κ1) is 14.7. The summed E-state index contributed by atoms with van der Waals surface area (Å²) in [6.07, 6.45) is 4.15. The molecule has 0 saturated heterocycles. The van der Waals surface area contributed by atoms with E-state index in [1.165, 1.54) is 17.5 Å². The molecule has 1 aliphatic carbocycles. The molecule has 1 aromatic carbocycles. The van der Waals surface area contributed by atoms with Crippen molar-refractivity contribution in [2.24, 2.45) is 5.41 Å². The van der Waals surface area contributed by atoms with Crippen molar-refractivity contribution in [3.8, 4) is 0 Å². The molecule has 0 aliphatic heterocycles. The zero-order valence-electron chi connectivity index (χ0n) is 12.4. The molecule has 106 valence electrons. The van der Waals surface area contributed by atoms with Crippen molar-refractivity contribution in [2.75, 3.05) is 12.8 Å². The van der Waals surface area contributed by atoms with E-state index < -0.39 is 10.8 Å². The lowest BCUT2D eigenvalue weighted by molar-refractivity contribution is 0.210. The van der Waals surface area contributed by atoms with E-state index in [0.717, 1.165) is 13.0 Å². The van der Waals surface area contributed by atoms with E-state index in [-0.39, 0.29) is 10.7 Å². The van der Waals surface area contributed by atoms with Crippen LogP contribution in [-0.2, 0) is 17.2 Å². The summed E-state index contributed by atoms with van der Waals surface area (Å²) in [6.45, 7) is 7.51. The molecule has 0 saturated carbocycles. The molecule has 0 heterocycles. The maximum atomic E-state index is 11.5. The van der Waals surface area contributed by atoms with E-state index in [2.05, 4.69) is 43.4 Å². The Morgan fingerprint density at radius 2 is 2.11 bits per heavy atom. The van der Waals surface area contributed by atoms with Crippen LogP contribution in [0, 0.1) is 5.41 Å². The first-order valence-corrected chi connectivity index (χ1v) is 8.67. The second kappa shape index (κ2) is 5.76. The van der Waals surface area contributed by atoms with Crippen LogP contribution in [0.1, 0.15) is 44.4 Å². The summed E-state index contributed by atoms with van der Waals surface area (Å²) in [5.74, 6) is 0. The summed E-state index contributed by atoms with van der Waals surface area (Å²) >= 11 is 0. The third-order valence-corrected chi connectivity index (χ3v) is 5.66. The lowest BCUT2D eigenvalue weighted by atomic mass is 9.70. The van der Waals surface area contributed by atoms with Gasteiger partial charge >= 0.3 is 0 Å². The summed E-state index contributed by atoms with van der Waals surface area (Å²) in [7, 11) is -0.760. The minimum Gasteiger partial charge on any atom is -0.308 e. The van der Waals surface area contributed by atoms with Crippen LogP contribution in [0.25, 0.3) is 0 Å². The summed E-state index contributed by atoms with van der Waals surface area (Å²) in [5, 5.41) is 3.86. The van der Waals surface area contributed by atoms with E-state index in [0.29, 0.717) is 6.04 Å². The number of fused-ring (bicyclic) bond motifs is 1. The largest absolute Gasteiger partial charge is 0.308 e. The van der Waals surface area contributed by atoms with E-state index in [1.54, 1.807) is 6.26 Å². The maximum Gasteiger partial charge on any atom is 0.0441 e. The Morgan fingerprint density at radius 1 is 1.42 bits per heavy atom. The van der Waals surface area contributed by atoms with E-state index in [9.17, 15) is 4.21 Å². The minimum atomic E-state index is -0.760. The Kier molecular flexibility index (Phi) is 4.46. The van der Waals surface area contributed by atoms with Crippen LogP contribution >= 0.6 is 0 Å². The van der Waals surface area contributed by atoms with Gasteiger partial charge in [-0.1, -0.05) is 38.1 Å². The van der Waals surface area contributed by atoms with Gasteiger partial charge in [0.2, 0.25) is 0 Å². The van der Waals surface area contributed by atoms with Crippen molar-refractivity contribution >= 4 is 10.8 Å². The van der Waals surface area contributed by atoms with Crippen molar-refractivity contribution in [2.45, 2.75) is 44.9 Å². The van der Waals surface area contributed by atoms with Gasteiger partial charge in [0.1, 0.15) is 0 Å². The Labute approximate surface area is 119 Å². The molecule has 1 N–H and O–H groups in total. The van der Waals surface area contributed by atoms with Gasteiger partial charge in [0.15, 0.2) is 0 Å². The third kappa shape index (κ3) is 3.26. The molecule has 0 fully saturated rings. The normalized spacial score (nSPS) is 24.5. The quantitative estimate of drug-likeness (QED) is 0.918. The molecule has 19 heavy (non-hydrogen) atoms. The van der Waals surface area contributed by atoms with Gasteiger partial charge in [-0.3, -0.25) is 4.21 Å². The average molecular weight is 279 g/mol. The predicted octanol–water partition coefficient (Wildman–Crippen LogP) is 3.06. The van der Waals surface area contributed by atoms with Gasteiger partial charge in [-0.15, -0.1) is 0 Å². The lowest BCUT2D eigenvalue weighted by Gasteiger charge is -2.41. The van der Waals surface area contributed by atoms with Crippen molar-refractivity contribution in [3.63, 3.8) is 0 Å². The van der Waals surface area contributed by atoms with Gasteiger partial charge in [0.25, 0.3) is 0 Å². The zero-order chi connectivity index (χ0) is 14.0. The van der Waals surface area contributed by atoms with Gasteiger partial charge in [0.05, 0.1) is 0 Å². The summed E-state index contributed by atoms with van der Waals surface area (Å²) in [4.78, 5) is 0.